The van der Waals surface area contributed by atoms with Gasteiger partial charge in [-0.3, -0.25) is 4.79 Å². The number of para-hydroxylation sites is 1. The average molecular weight is 191 g/mol. The molecule has 0 atom stereocenters. The van der Waals surface area contributed by atoms with Crippen LogP contribution in [0.4, 0.5) is 5.69 Å². The van der Waals surface area contributed by atoms with Crippen LogP contribution < -0.4 is 5.32 Å². The second kappa shape index (κ2) is 3.70. The zero-order valence-corrected chi connectivity index (χ0v) is 8.17. The van der Waals surface area contributed by atoms with Crippen molar-refractivity contribution in [3.05, 3.63) is 29.3 Å². The largest absolute Gasteiger partial charge is 0.469 e. The van der Waals surface area contributed by atoms with Crippen LogP contribution in [0.5, 0.6) is 0 Å². The summed E-state index contributed by atoms with van der Waals surface area (Å²) in [6.07, 6.45) is 1.40. The fourth-order valence-corrected chi connectivity index (χ4v) is 1.79. The van der Waals surface area contributed by atoms with Crippen LogP contribution in [0.3, 0.4) is 0 Å². The van der Waals surface area contributed by atoms with E-state index < -0.39 is 0 Å². The minimum absolute atomic E-state index is 0.188. The Balaban J connectivity index is 2.26. The summed E-state index contributed by atoms with van der Waals surface area (Å²) in [5, 5.41) is 3.29. The van der Waals surface area contributed by atoms with E-state index in [2.05, 4.69) is 16.1 Å². The first-order valence-corrected chi connectivity index (χ1v) is 4.72. The van der Waals surface area contributed by atoms with Gasteiger partial charge in [-0.15, -0.1) is 0 Å². The van der Waals surface area contributed by atoms with Gasteiger partial charge in [-0.25, -0.2) is 0 Å². The monoisotopic (exact) mass is 191 g/mol. The zero-order valence-electron chi connectivity index (χ0n) is 8.17. The number of carbonyl (C=O) groups is 1. The minimum Gasteiger partial charge on any atom is -0.469 e. The Hall–Kier alpha value is -1.51. The summed E-state index contributed by atoms with van der Waals surface area (Å²) < 4.78 is 4.65. The van der Waals surface area contributed by atoms with Gasteiger partial charge >= 0.3 is 5.97 Å². The number of anilines is 1. The highest BCUT2D eigenvalue weighted by Crippen LogP contribution is 2.26. The van der Waals surface area contributed by atoms with Gasteiger partial charge in [-0.05, 0) is 17.5 Å². The summed E-state index contributed by atoms with van der Waals surface area (Å²) in [7, 11) is 1.42. The molecule has 0 amide bonds. The second-order valence-electron chi connectivity index (χ2n) is 3.38. The van der Waals surface area contributed by atoms with Gasteiger partial charge in [0, 0.05) is 12.2 Å². The summed E-state index contributed by atoms with van der Waals surface area (Å²) >= 11 is 0. The lowest BCUT2D eigenvalue weighted by Crippen LogP contribution is -2.06. The summed E-state index contributed by atoms with van der Waals surface area (Å²) in [4.78, 5) is 11.1. The van der Waals surface area contributed by atoms with Gasteiger partial charge in [0.15, 0.2) is 0 Å². The molecule has 14 heavy (non-hydrogen) atoms. The number of benzene rings is 1. The average Bonchev–Trinajstić information content (AvgIpc) is 2.66. The van der Waals surface area contributed by atoms with Crippen LogP contribution in [0.15, 0.2) is 18.2 Å². The molecule has 0 aliphatic carbocycles. The highest BCUT2D eigenvalue weighted by molar-refractivity contribution is 5.76. The van der Waals surface area contributed by atoms with Crippen LogP contribution in [0.1, 0.15) is 11.1 Å². The van der Waals surface area contributed by atoms with E-state index in [0.29, 0.717) is 6.42 Å². The number of hydrogen-bond acceptors (Lipinski definition) is 3. The SMILES string of the molecule is COC(=O)Cc1cccc2c1NCC2. The van der Waals surface area contributed by atoms with E-state index >= 15 is 0 Å². The van der Waals surface area contributed by atoms with Crippen LogP contribution in [0.25, 0.3) is 0 Å². The minimum atomic E-state index is -0.188. The first kappa shape index (κ1) is 9.06. The standard InChI is InChI=1S/C11H13NO2/c1-14-10(13)7-9-4-2-3-8-5-6-12-11(8)9/h2-4,12H,5-7H2,1H3. The quantitative estimate of drug-likeness (QED) is 0.717. The van der Waals surface area contributed by atoms with Crippen molar-refractivity contribution in [2.24, 2.45) is 0 Å². The smallest absolute Gasteiger partial charge is 0.310 e. The van der Waals surface area contributed by atoms with Gasteiger partial charge in [0.05, 0.1) is 13.5 Å². The van der Waals surface area contributed by atoms with Crippen molar-refractivity contribution in [2.75, 3.05) is 19.0 Å². The van der Waals surface area contributed by atoms with Crippen molar-refractivity contribution >= 4 is 11.7 Å². The second-order valence-corrected chi connectivity index (χ2v) is 3.38. The molecule has 0 bridgehead atoms. The van der Waals surface area contributed by atoms with Crippen molar-refractivity contribution < 1.29 is 9.53 Å². The van der Waals surface area contributed by atoms with Gasteiger partial charge in [0.2, 0.25) is 0 Å². The molecule has 1 aromatic carbocycles. The van der Waals surface area contributed by atoms with Gasteiger partial charge in [0.25, 0.3) is 0 Å². The molecule has 0 spiro atoms. The Morgan fingerprint density at radius 1 is 1.57 bits per heavy atom. The lowest BCUT2D eigenvalue weighted by molar-refractivity contribution is -0.139. The van der Waals surface area contributed by atoms with Crippen molar-refractivity contribution in [3.63, 3.8) is 0 Å². The van der Waals surface area contributed by atoms with Crippen molar-refractivity contribution in [2.45, 2.75) is 12.8 Å². The number of carbonyl (C=O) groups excluding carboxylic acids is 1. The van der Waals surface area contributed by atoms with Crippen LogP contribution >= 0.6 is 0 Å². The lowest BCUT2D eigenvalue weighted by Gasteiger charge is -2.07. The van der Waals surface area contributed by atoms with Crippen LogP contribution in [0.2, 0.25) is 0 Å². The maximum absolute atomic E-state index is 11.1. The lowest BCUT2D eigenvalue weighted by atomic mass is 10.1. The molecule has 3 heteroatoms. The van der Waals surface area contributed by atoms with Gasteiger partial charge < -0.3 is 10.1 Å². The zero-order chi connectivity index (χ0) is 9.97. The molecule has 1 N–H and O–H groups in total. The highest BCUT2D eigenvalue weighted by atomic mass is 16.5. The molecular weight excluding hydrogens is 178 g/mol. The summed E-state index contributed by atoms with van der Waals surface area (Å²) in [6.45, 7) is 0.966. The van der Waals surface area contributed by atoms with E-state index in [-0.39, 0.29) is 5.97 Å². The summed E-state index contributed by atoms with van der Waals surface area (Å²) in [6, 6.07) is 6.05. The third-order valence-corrected chi connectivity index (χ3v) is 2.50. The van der Waals surface area contributed by atoms with Gasteiger partial charge in [-0.1, -0.05) is 18.2 Å². The molecule has 1 aliphatic rings. The van der Waals surface area contributed by atoms with E-state index in [1.54, 1.807) is 0 Å². The Bertz CT molecular complexity index is 360. The molecule has 0 saturated heterocycles. The Morgan fingerprint density at radius 2 is 2.43 bits per heavy atom. The third kappa shape index (κ3) is 1.58. The molecule has 1 heterocycles. The molecule has 0 saturated carbocycles. The number of hydrogen-bond donors (Lipinski definition) is 1. The van der Waals surface area contributed by atoms with E-state index in [1.807, 2.05) is 12.1 Å². The molecule has 2 rings (SSSR count). The molecule has 0 aromatic heterocycles. The maximum atomic E-state index is 11.1. The summed E-state index contributed by atoms with van der Waals surface area (Å²) in [5.74, 6) is -0.188. The fraction of sp³-hybridized carbons (Fsp3) is 0.364. The normalized spacial score (nSPS) is 13.2. The number of rotatable bonds is 2. The van der Waals surface area contributed by atoms with Crippen molar-refractivity contribution in [1.82, 2.24) is 0 Å². The third-order valence-electron chi connectivity index (χ3n) is 2.50. The topological polar surface area (TPSA) is 38.3 Å². The molecule has 1 aromatic rings. The van der Waals surface area contributed by atoms with Crippen molar-refractivity contribution in [3.8, 4) is 0 Å². The molecular formula is C11H13NO2. The fourth-order valence-electron chi connectivity index (χ4n) is 1.79. The van der Waals surface area contributed by atoms with Gasteiger partial charge in [-0.2, -0.15) is 0 Å². The number of ether oxygens (including phenoxy) is 1. The molecule has 1 aliphatic heterocycles. The van der Waals surface area contributed by atoms with E-state index in [4.69, 9.17) is 0 Å². The van der Waals surface area contributed by atoms with E-state index in [1.165, 1.54) is 12.7 Å². The Labute approximate surface area is 83.1 Å². The first-order chi connectivity index (χ1) is 6.81. The summed E-state index contributed by atoms with van der Waals surface area (Å²) in [5.41, 5.74) is 3.45. The van der Waals surface area contributed by atoms with Gasteiger partial charge in [0.1, 0.15) is 0 Å². The maximum Gasteiger partial charge on any atom is 0.310 e. The predicted molar refractivity (Wildman–Crippen MR) is 54.4 cm³/mol. The first-order valence-electron chi connectivity index (χ1n) is 4.72. The number of fused-ring (bicyclic) bond motifs is 1. The number of esters is 1. The van der Waals surface area contributed by atoms with Crippen molar-refractivity contribution in [1.29, 1.82) is 0 Å². The molecule has 3 nitrogen and oxygen atoms in total. The molecule has 74 valence electrons. The molecule has 0 radical (unpaired) electrons. The van der Waals surface area contributed by atoms with Crippen LogP contribution in [-0.4, -0.2) is 19.6 Å². The molecule has 0 fully saturated rings. The number of nitrogens with one attached hydrogen (secondary N) is 1. The predicted octanol–water partition coefficient (Wildman–Crippen LogP) is 1.37. The molecule has 0 unspecified atom stereocenters. The highest BCUT2D eigenvalue weighted by Gasteiger charge is 2.15. The van der Waals surface area contributed by atoms with E-state index in [9.17, 15) is 4.79 Å². The Morgan fingerprint density at radius 3 is 3.21 bits per heavy atom. The van der Waals surface area contributed by atoms with E-state index in [0.717, 1.165) is 24.2 Å². The van der Waals surface area contributed by atoms with Crippen LogP contribution in [0, 0.1) is 0 Å². The Kier molecular flexibility index (Phi) is 2.39. The van der Waals surface area contributed by atoms with Crippen LogP contribution in [-0.2, 0) is 22.4 Å². The number of methoxy groups -OCH3 is 1.